The molecule has 0 aromatic carbocycles. The molecule has 2 heteroatoms. The van der Waals surface area contributed by atoms with Crippen molar-refractivity contribution in [3.63, 3.8) is 0 Å². The molecule has 66 valence electrons. The van der Waals surface area contributed by atoms with E-state index in [4.69, 9.17) is 4.74 Å². The van der Waals surface area contributed by atoms with Gasteiger partial charge in [-0.1, -0.05) is 20.8 Å². The van der Waals surface area contributed by atoms with Gasteiger partial charge in [0.2, 0.25) is 0 Å². The molecule has 0 aromatic rings. The van der Waals surface area contributed by atoms with Gasteiger partial charge in [0.05, 0.1) is 19.3 Å². The summed E-state index contributed by atoms with van der Waals surface area (Å²) < 4.78 is 5.07. The zero-order chi connectivity index (χ0) is 8.27. The molecule has 1 atom stereocenters. The van der Waals surface area contributed by atoms with Crippen LogP contribution in [0.5, 0.6) is 0 Å². The van der Waals surface area contributed by atoms with E-state index in [1.807, 2.05) is 0 Å². The van der Waals surface area contributed by atoms with Crippen molar-refractivity contribution in [2.75, 3.05) is 19.8 Å². The Hall–Kier alpha value is -0.0800. The molecule has 0 aromatic heterocycles. The average molecular weight is 157 g/mol. The second-order valence-corrected chi connectivity index (χ2v) is 3.86. The smallest absolute Gasteiger partial charge is 0.0643 e. The lowest BCUT2D eigenvalue weighted by atomic mass is 9.98. The van der Waals surface area contributed by atoms with Crippen LogP contribution in [0, 0.1) is 11.8 Å². The van der Waals surface area contributed by atoms with Crippen LogP contribution in [0.2, 0.25) is 0 Å². The van der Waals surface area contributed by atoms with Crippen molar-refractivity contribution in [3.05, 3.63) is 0 Å². The Balaban J connectivity index is 2.01. The molecule has 0 bridgehead atoms. The molecule has 1 saturated heterocycles. The third-order valence-corrected chi connectivity index (χ3v) is 2.50. The van der Waals surface area contributed by atoms with Crippen LogP contribution in [-0.4, -0.2) is 25.8 Å². The molecular formula is C9H19NO. The Morgan fingerprint density at radius 2 is 2.00 bits per heavy atom. The number of hydrogen-bond donors (Lipinski definition) is 1. The first-order chi connectivity index (χ1) is 5.20. The summed E-state index contributed by atoms with van der Waals surface area (Å²) in [6.07, 6.45) is 0. The highest BCUT2D eigenvalue weighted by atomic mass is 16.5. The minimum atomic E-state index is 0.635. The summed E-state index contributed by atoms with van der Waals surface area (Å²) in [6.45, 7) is 9.77. The molecule has 0 saturated carbocycles. The minimum absolute atomic E-state index is 0.635. The maximum Gasteiger partial charge on any atom is 0.0643 e. The summed E-state index contributed by atoms with van der Waals surface area (Å²) in [7, 11) is 0. The van der Waals surface area contributed by atoms with Crippen LogP contribution < -0.4 is 5.32 Å². The van der Waals surface area contributed by atoms with Crippen LogP contribution in [0.25, 0.3) is 0 Å². The van der Waals surface area contributed by atoms with Crippen molar-refractivity contribution in [1.82, 2.24) is 5.32 Å². The second kappa shape index (κ2) is 4.07. The SMILES string of the molecule is CC(C)C(C)CNC1COC1. The number of hydrogen-bond acceptors (Lipinski definition) is 2. The van der Waals surface area contributed by atoms with Gasteiger partial charge in [0, 0.05) is 0 Å². The van der Waals surface area contributed by atoms with Gasteiger partial charge in [-0.2, -0.15) is 0 Å². The Labute approximate surface area is 69.3 Å². The minimum Gasteiger partial charge on any atom is -0.378 e. The Morgan fingerprint density at radius 3 is 2.36 bits per heavy atom. The van der Waals surface area contributed by atoms with Crippen molar-refractivity contribution in [1.29, 1.82) is 0 Å². The van der Waals surface area contributed by atoms with Crippen LogP contribution in [0.3, 0.4) is 0 Å². The van der Waals surface area contributed by atoms with Gasteiger partial charge in [-0.25, -0.2) is 0 Å². The molecule has 1 fully saturated rings. The van der Waals surface area contributed by atoms with Crippen LogP contribution in [-0.2, 0) is 4.74 Å². The quantitative estimate of drug-likeness (QED) is 0.663. The Bertz CT molecular complexity index is 110. The molecule has 0 amide bonds. The molecule has 1 rings (SSSR count). The fourth-order valence-electron chi connectivity index (χ4n) is 0.942. The molecule has 0 radical (unpaired) electrons. The normalized spacial score (nSPS) is 21.8. The summed E-state index contributed by atoms with van der Waals surface area (Å²) in [5, 5.41) is 3.48. The van der Waals surface area contributed by atoms with Gasteiger partial charge in [-0.3, -0.25) is 0 Å². The third-order valence-electron chi connectivity index (χ3n) is 2.50. The molecule has 1 aliphatic rings. The highest BCUT2D eigenvalue weighted by Gasteiger charge is 2.18. The lowest BCUT2D eigenvalue weighted by molar-refractivity contribution is -0.00686. The van der Waals surface area contributed by atoms with Gasteiger partial charge in [-0.05, 0) is 18.4 Å². The predicted molar refractivity (Wildman–Crippen MR) is 46.6 cm³/mol. The predicted octanol–water partition coefficient (Wildman–Crippen LogP) is 1.27. The fraction of sp³-hybridized carbons (Fsp3) is 1.00. The van der Waals surface area contributed by atoms with E-state index in [-0.39, 0.29) is 0 Å². The van der Waals surface area contributed by atoms with Crippen molar-refractivity contribution in [2.24, 2.45) is 11.8 Å². The summed E-state index contributed by atoms with van der Waals surface area (Å²) >= 11 is 0. The van der Waals surface area contributed by atoms with E-state index in [1.54, 1.807) is 0 Å². The standard InChI is InChI=1S/C9H19NO/c1-7(2)8(3)4-10-9-5-11-6-9/h7-10H,4-6H2,1-3H3. The van der Waals surface area contributed by atoms with Gasteiger partial charge in [0.1, 0.15) is 0 Å². The summed E-state index contributed by atoms with van der Waals surface area (Å²) in [5.74, 6) is 1.55. The molecule has 0 aliphatic carbocycles. The highest BCUT2D eigenvalue weighted by Crippen LogP contribution is 2.09. The van der Waals surface area contributed by atoms with Gasteiger partial charge in [-0.15, -0.1) is 0 Å². The maximum atomic E-state index is 5.07. The Morgan fingerprint density at radius 1 is 1.36 bits per heavy atom. The van der Waals surface area contributed by atoms with Crippen LogP contribution in [0.1, 0.15) is 20.8 Å². The fourth-order valence-corrected chi connectivity index (χ4v) is 0.942. The van der Waals surface area contributed by atoms with E-state index in [1.165, 1.54) is 0 Å². The lowest BCUT2D eigenvalue weighted by Crippen LogP contribution is -2.47. The molecule has 1 N–H and O–H groups in total. The van der Waals surface area contributed by atoms with Crippen molar-refractivity contribution < 1.29 is 4.74 Å². The lowest BCUT2D eigenvalue weighted by Gasteiger charge is -2.29. The molecule has 2 nitrogen and oxygen atoms in total. The van der Waals surface area contributed by atoms with Crippen LogP contribution >= 0.6 is 0 Å². The van der Waals surface area contributed by atoms with Gasteiger partial charge in [0.25, 0.3) is 0 Å². The van der Waals surface area contributed by atoms with E-state index < -0.39 is 0 Å². The summed E-state index contributed by atoms with van der Waals surface area (Å²) in [4.78, 5) is 0. The number of rotatable bonds is 4. The second-order valence-electron chi connectivity index (χ2n) is 3.86. The first kappa shape index (κ1) is 9.01. The van der Waals surface area contributed by atoms with E-state index in [2.05, 4.69) is 26.1 Å². The first-order valence-electron chi connectivity index (χ1n) is 4.51. The van der Waals surface area contributed by atoms with Crippen molar-refractivity contribution in [2.45, 2.75) is 26.8 Å². The molecule has 0 spiro atoms. The Kier molecular flexibility index (Phi) is 3.34. The highest BCUT2D eigenvalue weighted by molar-refractivity contribution is 4.74. The van der Waals surface area contributed by atoms with Crippen LogP contribution in [0.15, 0.2) is 0 Å². The zero-order valence-electron chi connectivity index (χ0n) is 7.76. The van der Waals surface area contributed by atoms with Gasteiger partial charge >= 0.3 is 0 Å². The molecular weight excluding hydrogens is 138 g/mol. The number of ether oxygens (including phenoxy) is 1. The zero-order valence-corrected chi connectivity index (χ0v) is 7.76. The molecule has 1 unspecified atom stereocenters. The van der Waals surface area contributed by atoms with E-state index >= 15 is 0 Å². The average Bonchev–Trinajstić information content (AvgIpc) is 1.83. The largest absolute Gasteiger partial charge is 0.378 e. The van der Waals surface area contributed by atoms with Gasteiger partial charge < -0.3 is 10.1 Å². The van der Waals surface area contributed by atoms with E-state index in [0.717, 1.165) is 31.6 Å². The monoisotopic (exact) mass is 157 g/mol. The number of nitrogens with one attached hydrogen (secondary N) is 1. The molecule has 1 aliphatic heterocycles. The third kappa shape index (κ3) is 2.80. The molecule has 11 heavy (non-hydrogen) atoms. The summed E-state index contributed by atoms with van der Waals surface area (Å²) in [5.41, 5.74) is 0. The summed E-state index contributed by atoms with van der Waals surface area (Å²) in [6, 6.07) is 0.635. The van der Waals surface area contributed by atoms with Gasteiger partial charge in [0.15, 0.2) is 0 Å². The van der Waals surface area contributed by atoms with Crippen molar-refractivity contribution in [3.8, 4) is 0 Å². The van der Waals surface area contributed by atoms with E-state index in [9.17, 15) is 0 Å². The topological polar surface area (TPSA) is 21.3 Å². The molecule has 1 heterocycles. The van der Waals surface area contributed by atoms with Crippen molar-refractivity contribution >= 4 is 0 Å². The first-order valence-corrected chi connectivity index (χ1v) is 4.51. The van der Waals surface area contributed by atoms with Crippen LogP contribution in [0.4, 0.5) is 0 Å². The van der Waals surface area contributed by atoms with E-state index in [0.29, 0.717) is 6.04 Å². The maximum absolute atomic E-state index is 5.07.